The topological polar surface area (TPSA) is 54.3 Å². The fourth-order valence-corrected chi connectivity index (χ4v) is 3.12. The van der Waals surface area contributed by atoms with Crippen LogP contribution in [0, 0.1) is 0 Å². The van der Waals surface area contributed by atoms with Crippen molar-refractivity contribution in [3.63, 3.8) is 0 Å². The van der Waals surface area contributed by atoms with E-state index in [1.54, 1.807) is 23.9 Å². The van der Waals surface area contributed by atoms with Crippen LogP contribution in [-0.2, 0) is 11.8 Å². The lowest BCUT2D eigenvalue weighted by atomic mass is 10.1. The predicted octanol–water partition coefficient (Wildman–Crippen LogP) is 2.13. The van der Waals surface area contributed by atoms with Crippen LogP contribution in [0.15, 0.2) is 34.2 Å². The maximum absolute atomic E-state index is 12.1. The molecule has 1 aromatic rings. The second-order valence-electron chi connectivity index (χ2n) is 5.29. The second kappa shape index (κ2) is 6.93. The number of anilines is 1. The van der Waals surface area contributed by atoms with Gasteiger partial charge < -0.3 is 14.8 Å². The Morgan fingerprint density at radius 1 is 1.48 bits per heavy atom. The van der Waals surface area contributed by atoms with Crippen molar-refractivity contribution in [3.8, 4) is 0 Å². The summed E-state index contributed by atoms with van der Waals surface area (Å²) in [4.78, 5) is 25.6. The van der Waals surface area contributed by atoms with Gasteiger partial charge in [-0.3, -0.25) is 9.59 Å². The van der Waals surface area contributed by atoms with E-state index in [4.69, 9.17) is 0 Å². The van der Waals surface area contributed by atoms with Gasteiger partial charge in [0.15, 0.2) is 0 Å². The fourth-order valence-electron chi connectivity index (χ4n) is 2.58. The van der Waals surface area contributed by atoms with Crippen LogP contribution in [-0.4, -0.2) is 34.5 Å². The summed E-state index contributed by atoms with van der Waals surface area (Å²) in [7, 11) is 1.73. The summed E-state index contributed by atoms with van der Waals surface area (Å²) in [6.07, 6.45) is 5.79. The van der Waals surface area contributed by atoms with Gasteiger partial charge in [0.2, 0.25) is 5.91 Å². The lowest BCUT2D eigenvalue weighted by molar-refractivity contribution is -0.125. The van der Waals surface area contributed by atoms with Crippen molar-refractivity contribution in [2.75, 3.05) is 18.4 Å². The predicted molar refractivity (Wildman–Crippen MR) is 87.4 cm³/mol. The van der Waals surface area contributed by atoms with Crippen molar-refractivity contribution >= 4 is 27.5 Å². The van der Waals surface area contributed by atoms with E-state index in [1.165, 1.54) is 6.08 Å². The number of hydrogen-bond donors (Lipinski definition) is 1. The lowest BCUT2D eigenvalue weighted by Gasteiger charge is -2.20. The number of carbonyl (C=O) groups is 1. The molecule has 0 aromatic carbocycles. The van der Waals surface area contributed by atoms with Gasteiger partial charge in [-0.25, -0.2) is 0 Å². The Balaban J connectivity index is 2.06. The molecule has 5 nitrogen and oxygen atoms in total. The normalized spacial score (nSPS) is 19.0. The van der Waals surface area contributed by atoms with Gasteiger partial charge in [-0.15, -0.1) is 0 Å². The van der Waals surface area contributed by atoms with E-state index in [-0.39, 0.29) is 17.5 Å². The number of pyridine rings is 1. The van der Waals surface area contributed by atoms with E-state index in [9.17, 15) is 9.59 Å². The van der Waals surface area contributed by atoms with Gasteiger partial charge in [-0.1, -0.05) is 6.58 Å². The molecule has 1 fully saturated rings. The first-order valence-corrected chi connectivity index (χ1v) is 7.84. The molecule has 1 N–H and O–H groups in total. The standard InChI is InChI=1S/C15H20BrN3O2/c1-3-14(20)19-7-4-5-12(6-8-19)17-13-9-11(16)10-18(2)15(13)21/h3,9-10,12,17H,1,4-8H2,2H3. The zero-order valence-electron chi connectivity index (χ0n) is 12.1. The van der Waals surface area contributed by atoms with E-state index < -0.39 is 0 Å². The average molecular weight is 354 g/mol. The number of amides is 1. The minimum atomic E-state index is -0.0403. The molecule has 0 bridgehead atoms. The maximum atomic E-state index is 12.1. The molecule has 1 amide bonds. The van der Waals surface area contributed by atoms with Crippen molar-refractivity contribution in [2.45, 2.75) is 25.3 Å². The average Bonchev–Trinajstić information content (AvgIpc) is 2.69. The first-order chi connectivity index (χ1) is 10.0. The molecule has 0 spiro atoms. The summed E-state index contributed by atoms with van der Waals surface area (Å²) in [6.45, 7) is 4.97. The molecule has 0 saturated carbocycles. The molecule has 0 aliphatic carbocycles. The van der Waals surface area contributed by atoms with Gasteiger partial charge in [-0.05, 0) is 47.3 Å². The number of hydrogen-bond acceptors (Lipinski definition) is 3. The first kappa shape index (κ1) is 15.8. The molecule has 1 aliphatic rings. The van der Waals surface area contributed by atoms with E-state index in [1.807, 2.05) is 4.90 Å². The number of nitrogens with zero attached hydrogens (tertiary/aromatic N) is 2. The zero-order valence-corrected chi connectivity index (χ0v) is 13.7. The first-order valence-electron chi connectivity index (χ1n) is 7.05. The molecule has 1 aromatic heterocycles. The Kier molecular flexibility index (Phi) is 5.22. The summed E-state index contributed by atoms with van der Waals surface area (Å²) >= 11 is 3.40. The minimum absolute atomic E-state index is 0.0194. The Labute approximate surface area is 132 Å². The van der Waals surface area contributed by atoms with Gasteiger partial charge in [-0.2, -0.15) is 0 Å². The Hall–Kier alpha value is -1.56. The quantitative estimate of drug-likeness (QED) is 0.846. The third-order valence-electron chi connectivity index (χ3n) is 3.72. The highest BCUT2D eigenvalue weighted by molar-refractivity contribution is 9.10. The van der Waals surface area contributed by atoms with Gasteiger partial charge in [0, 0.05) is 36.8 Å². The molecule has 2 heterocycles. The highest BCUT2D eigenvalue weighted by atomic mass is 79.9. The van der Waals surface area contributed by atoms with Gasteiger partial charge in [0.05, 0.1) is 0 Å². The number of rotatable bonds is 3. The number of carbonyl (C=O) groups excluding carboxylic acids is 1. The molecule has 114 valence electrons. The molecule has 1 saturated heterocycles. The second-order valence-corrected chi connectivity index (χ2v) is 6.21. The van der Waals surface area contributed by atoms with E-state index >= 15 is 0 Å². The molecule has 2 rings (SSSR count). The van der Waals surface area contributed by atoms with E-state index in [0.717, 1.165) is 30.3 Å². The van der Waals surface area contributed by atoms with Gasteiger partial charge in [0.25, 0.3) is 5.56 Å². The van der Waals surface area contributed by atoms with Crippen LogP contribution in [0.5, 0.6) is 0 Å². The van der Waals surface area contributed by atoms with Crippen LogP contribution in [0.2, 0.25) is 0 Å². The number of likely N-dealkylation sites (tertiary alicyclic amines) is 1. The highest BCUT2D eigenvalue weighted by Gasteiger charge is 2.19. The molecule has 0 radical (unpaired) electrons. The zero-order chi connectivity index (χ0) is 15.4. The van der Waals surface area contributed by atoms with Gasteiger partial charge >= 0.3 is 0 Å². The summed E-state index contributed by atoms with van der Waals surface area (Å²) < 4.78 is 2.42. The molecule has 1 unspecified atom stereocenters. The third-order valence-corrected chi connectivity index (χ3v) is 4.16. The van der Waals surface area contributed by atoms with Crippen LogP contribution in [0.1, 0.15) is 19.3 Å². The van der Waals surface area contributed by atoms with Crippen LogP contribution in [0.4, 0.5) is 5.69 Å². The molecule has 1 aliphatic heterocycles. The fraction of sp³-hybridized carbons (Fsp3) is 0.467. The van der Waals surface area contributed by atoms with Crippen molar-refractivity contribution in [3.05, 3.63) is 39.7 Å². The number of aromatic nitrogens is 1. The molecule has 21 heavy (non-hydrogen) atoms. The molecule has 6 heteroatoms. The number of aryl methyl sites for hydroxylation is 1. The molecular weight excluding hydrogens is 334 g/mol. The number of nitrogens with one attached hydrogen (secondary N) is 1. The van der Waals surface area contributed by atoms with Crippen molar-refractivity contribution in [1.82, 2.24) is 9.47 Å². The Bertz CT molecular complexity index is 597. The minimum Gasteiger partial charge on any atom is -0.378 e. The van der Waals surface area contributed by atoms with Crippen molar-refractivity contribution in [2.24, 2.45) is 7.05 Å². The van der Waals surface area contributed by atoms with E-state index in [2.05, 4.69) is 27.8 Å². The van der Waals surface area contributed by atoms with Crippen LogP contribution < -0.4 is 10.9 Å². The third kappa shape index (κ3) is 3.97. The summed E-state index contributed by atoms with van der Waals surface area (Å²) in [5.41, 5.74) is 0.557. The largest absolute Gasteiger partial charge is 0.378 e. The Morgan fingerprint density at radius 2 is 2.24 bits per heavy atom. The Morgan fingerprint density at radius 3 is 2.95 bits per heavy atom. The highest BCUT2D eigenvalue weighted by Crippen LogP contribution is 2.17. The number of halogens is 1. The summed E-state index contributed by atoms with van der Waals surface area (Å²) in [6, 6.07) is 2.01. The molecule has 1 atom stereocenters. The van der Waals surface area contributed by atoms with Crippen molar-refractivity contribution < 1.29 is 4.79 Å². The smallest absolute Gasteiger partial charge is 0.273 e. The van der Waals surface area contributed by atoms with Crippen LogP contribution >= 0.6 is 15.9 Å². The van der Waals surface area contributed by atoms with Crippen LogP contribution in [0.25, 0.3) is 0 Å². The van der Waals surface area contributed by atoms with Crippen molar-refractivity contribution in [1.29, 1.82) is 0 Å². The molecular formula is C15H20BrN3O2. The summed E-state index contributed by atoms with van der Waals surface area (Å²) in [5, 5.41) is 3.32. The van der Waals surface area contributed by atoms with E-state index in [0.29, 0.717) is 12.2 Å². The SMILES string of the molecule is C=CC(=O)N1CCCC(Nc2cc(Br)cn(C)c2=O)CC1. The van der Waals surface area contributed by atoms with Crippen LogP contribution in [0.3, 0.4) is 0 Å². The monoisotopic (exact) mass is 353 g/mol. The summed E-state index contributed by atoms with van der Waals surface area (Å²) in [5.74, 6) is -0.0194. The van der Waals surface area contributed by atoms with Gasteiger partial charge in [0.1, 0.15) is 5.69 Å². The lowest BCUT2D eigenvalue weighted by Crippen LogP contribution is -2.31. The maximum Gasteiger partial charge on any atom is 0.273 e.